The first kappa shape index (κ1) is 16.9. The Balaban J connectivity index is 1.66. The number of hydrogen-bond acceptors (Lipinski definition) is 5. The molecule has 5 aromatic rings. The monoisotopic (exact) mass is 380 g/mol. The molecule has 0 saturated carbocycles. The maximum Gasteiger partial charge on any atom is 0.271 e. The van der Waals surface area contributed by atoms with Crippen LogP contribution in [0, 0.1) is 0 Å². The number of amides is 1. The van der Waals surface area contributed by atoms with Crippen molar-refractivity contribution < 1.29 is 4.79 Å². The number of nitrogens with one attached hydrogen (secondary N) is 1. The number of imidazole rings is 1. The summed E-state index contributed by atoms with van der Waals surface area (Å²) in [5.74, 6) is 0.112. The Morgan fingerprint density at radius 3 is 2.52 bits per heavy atom. The summed E-state index contributed by atoms with van der Waals surface area (Å²) in [6, 6.07) is 21.5. The van der Waals surface area contributed by atoms with Gasteiger partial charge in [-0.3, -0.25) is 4.79 Å². The number of anilines is 1. The molecular weight excluding hydrogens is 364 g/mol. The van der Waals surface area contributed by atoms with Crippen LogP contribution in [-0.4, -0.2) is 26.1 Å². The molecule has 0 bridgehead atoms. The fourth-order valence-corrected chi connectivity index (χ4v) is 3.47. The van der Waals surface area contributed by atoms with Crippen LogP contribution in [0.1, 0.15) is 10.5 Å². The van der Waals surface area contributed by atoms with Gasteiger partial charge >= 0.3 is 0 Å². The second-order valence-corrected chi connectivity index (χ2v) is 6.71. The number of nitrogen functional groups attached to an aromatic ring is 1. The fourth-order valence-electron chi connectivity index (χ4n) is 3.47. The number of benzene rings is 3. The average molecular weight is 380 g/mol. The fraction of sp³-hybridized carbons (Fsp3) is 0. The first-order valence-electron chi connectivity index (χ1n) is 9.02. The highest BCUT2D eigenvalue weighted by Gasteiger charge is 2.15. The van der Waals surface area contributed by atoms with Crippen LogP contribution in [0.3, 0.4) is 0 Å². The van der Waals surface area contributed by atoms with Gasteiger partial charge in [0.25, 0.3) is 5.91 Å². The molecule has 0 radical (unpaired) electrons. The third-order valence-corrected chi connectivity index (χ3v) is 4.90. The second kappa shape index (κ2) is 6.42. The van der Waals surface area contributed by atoms with E-state index >= 15 is 0 Å². The second-order valence-electron chi connectivity index (χ2n) is 6.71. The summed E-state index contributed by atoms with van der Waals surface area (Å²) in [7, 11) is 0. The minimum Gasteiger partial charge on any atom is -0.396 e. The van der Waals surface area contributed by atoms with E-state index in [1.165, 1.54) is 0 Å². The lowest BCUT2D eigenvalue weighted by molar-refractivity contribution is 0.0996. The van der Waals surface area contributed by atoms with E-state index < -0.39 is 5.91 Å². The van der Waals surface area contributed by atoms with E-state index in [4.69, 9.17) is 11.5 Å². The molecule has 0 aliphatic heterocycles. The van der Waals surface area contributed by atoms with Gasteiger partial charge in [-0.25, -0.2) is 4.98 Å². The van der Waals surface area contributed by atoms with E-state index in [2.05, 4.69) is 20.2 Å². The molecule has 0 spiro atoms. The SMILES string of the molecule is NC(=O)c1nnc2c(-c3ccc4nc(-c5ccccc5)[nH]c4c3)cccc2c1N. The molecule has 5 N–H and O–H groups in total. The van der Waals surface area contributed by atoms with E-state index in [9.17, 15) is 4.79 Å². The van der Waals surface area contributed by atoms with Crippen LogP contribution in [0.15, 0.2) is 66.7 Å². The van der Waals surface area contributed by atoms with Crippen LogP contribution in [0.2, 0.25) is 0 Å². The first-order chi connectivity index (χ1) is 14.1. The maximum atomic E-state index is 11.5. The molecule has 0 aliphatic rings. The van der Waals surface area contributed by atoms with Crippen molar-refractivity contribution in [1.82, 2.24) is 20.2 Å². The van der Waals surface area contributed by atoms with Crippen molar-refractivity contribution in [1.29, 1.82) is 0 Å². The standard InChI is InChI=1S/C22H16N6O/c23-18-15-8-4-7-14(19(15)27-28-20(18)21(24)29)13-9-10-16-17(11-13)26-22(25-16)12-5-2-1-3-6-12/h1-11H,(H2,23,27)(H2,24,29)(H,25,26). The van der Waals surface area contributed by atoms with E-state index in [1.807, 2.05) is 60.7 Å². The Bertz CT molecular complexity index is 1390. The number of aromatic nitrogens is 4. The zero-order valence-electron chi connectivity index (χ0n) is 15.3. The van der Waals surface area contributed by atoms with Gasteiger partial charge in [0.2, 0.25) is 0 Å². The zero-order chi connectivity index (χ0) is 20.0. The number of nitrogens with two attached hydrogens (primary N) is 2. The molecule has 0 atom stereocenters. The molecule has 0 saturated heterocycles. The first-order valence-corrected chi connectivity index (χ1v) is 9.02. The van der Waals surface area contributed by atoms with Crippen LogP contribution in [0.4, 0.5) is 5.69 Å². The topological polar surface area (TPSA) is 124 Å². The van der Waals surface area contributed by atoms with Gasteiger partial charge < -0.3 is 16.5 Å². The third kappa shape index (κ3) is 2.76. The van der Waals surface area contributed by atoms with Gasteiger partial charge in [0.15, 0.2) is 5.69 Å². The van der Waals surface area contributed by atoms with Gasteiger partial charge in [0.1, 0.15) is 11.3 Å². The van der Waals surface area contributed by atoms with Crippen LogP contribution >= 0.6 is 0 Å². The summed E-state index contributed by atoms with van der Waals surface area (Å²) in [5.41, 5.74) is 16.9. The average Bonchev–Trinajstić information content (AvgIpc) is 3.17. The summed E-state index contributed by atoms with van der Waals surface area (Å²) in [6.45, 7) is 0. The van der Waals surface area contributed by atoms with E-state index in [0.29, 0.717) is 10.9 Å². The number of primary amides is 1. The predicted octanol–water partition coefficient (Wildman–Crippen LogP) is 3.52. The van der Waals surface area contributed by atoms with Crippen LogP contribution in [0.5, 0.6) is 0 Å². The van der Waals surface area contributed by atoms with Crippen LogP contribution < -0.4 is 11.5 Å². The minimum atomic E-state index is -0.699. The highest BCUT2D eigenvalue weighted by Crippen LogP contribution is 2.32. The normalized spacial score (nSPS) is 11.2. The largest absolute Gasteiger partial charge is 0.396 e. The van der Waals surface area contributed by atoms with Crippen molar-refractivity contribution in [3.8, 4) is 22.5 Å². The molecule has 3 aromatic carbocycles. The Morgan fingerprint density at radius 2 is 1.72 bits per heavy atom. The Hall–Kier alpha value is -4.26. The van der Waals surface area contributed by atoms with Crippen molar-refractivity contribution >= 4 is 33.5 Å². The number of aromatic amines is 1. The molecule has 0 aliphatic carbocycles. The number of hydrogen-bond donors (Lipinski definition) is 3. The lowest BCUT2D eigenvalue weighted by Gasteiger charge is -2.09. The maximum absolute atomic E-state index is 11.5. The summed E-state index contributed by atoms with van der Waals surface area (Å²) in [6.07, 6.45) is 0. The van der Waals surface area contributed by atoms with Crippen molar-refractivity contribution in [2.75, 3.05) is 5.73 Å². The Kier molecular flexibility index (Phi) is 3.74. The summed E-state index contributed by atoms with van der Waals surface area (Å²) < 4.78 is 0. The van der Waals surface area contributed by atoms with Crippen LogP contribution in [-0.2, 0) is 0 Å². The molecule has 29 heavy (non-hydrogen) atoms. The summed E-state index contributed by atoms with van der Waals surface area (Å²) in [4.78, 5) is 19.6. The molecule has 5 rings (SSSR count). The van der Waals surface area contributed by atoms with E-state index in [-0.39, 0.29) is 11.4 Å². The molecule has 1 amide bonds. The number of rotatable bonds is 3. The number of nitrogens with zero attached hydrogens (tertiary/aromatic N) is 3. The summed E-state index contributed by atoms with van der Waals surface area (Å²) >= 11 is 0. The van der Waals surface area contributed by atoms with Gasteiger partial charge in [-0.2, -0.15) is 0 Å². The van der Waals surface area contributed by atoms with Gasteiger partial charge in [-0.1, -0.05) is 54.6 Å². The number of carbonyl (C=O) groups is 1. The minimum absolute atomic E-state index is 0.0221. The lowest BCUT2D eigenvalue weighted by Crippen LogP contribution is -2.16. The quantitative estimate of drug-likeness (QED) is 0.442. The molecule has 7 heteroatoms. The van der Waals surface area contributed by atoms with Crippen molar-refractivity contribution in [3.63, 3.8) is 0 Å². The smallest absolute Gasteiger partial charge is 0.271 e. The van der Waals surface area contributed by atoms with Gasteiger partial charge in [-0.05, 0) is 17.7 Å². The highest BCUT2D eigenvalue weighted by atomic mass is 16.1. The molecule has 140 valence electrons. The Morgan fingerprint density at radius 1 is 0.897 bits per heavy atom. The van der Waals surface area contributed by atoms with Crippen LogP contribution in [0.25, 0.3) is 44.5 Å². The van der Waals surface area contributed by atoms with Gasteiger partial charge in [0.05, 0.1) is 16.7 Å². The number of carbonyl (C=O) groups excluding carboxylic acids is 1. The summed E-state index contributed by atoms with van der Waals surface area (Å²) in [5, 5.41) is 8.78. The van der Waals surface area contributed by atoms with Crippen molar-refractivity contribution in [3.05, 3.63) is 72.4 Å². The number of H-pyrrole nitrogens is 1. The van der Waals surface area contributed by atoms with E-state index in [1.54, 1.807) is 6.07 Å². The molecule has 2 aromatic heterocycles. The highest BCUT2D eigenvalue weighted by molar-refractivity contribution is 6.07. The Labute approximate surface area is 165 Å². The van der Waals surface area contributed by atoms with E-state index in [0.717, 1.165) is 33.5 Å². The molecule has 7 nitrogen and oxygen atoms in total. The predicted molar refractivity (Wildman–Crippen MR) is 113 cm³/mol. The molecule has 2 heterocycles. The lowest BCUT2D eigenvalue weighted by atomic mass is 10.0. The number of fused-ring (bicyclic) bond motifs is 2. The van der Waals surface area contributed by atoms with Crippen molar-refractivity contribution in [2.24, 2.45) is 5.73 Å². The van der Waals surface area contributed by atoms with Gasteiger partial charge in [0, 0.05) is 16.5 Å². The molecule has 0 unspecified atom stereocenters. The molecule has 0 fully saturated rings. The van der Waals surface area contributed by atoms with Crippen molar-refractivity contribution in [2.45, 2.75) is 0 Å². The third-order valence-electron chi connectivity index (χ3n) is 4.90. The zero-order valence-corrected chi connectivity index (χ0v) is 15.3. The molecular formula is C22H16N6O. The van der Waals surface area contributed by atoms with Gasteiger partial charge in [-0.15, -0.1) is 10.2 Å².